The summed E-state index contributed by atoms with van der Waals surface area (Å²) in [4.78, 5) is 14.9. The van der Waals surface area contributed by atoms with Crippen LogP contribution in [0.3, 0.4) is 0 Å². The molecule has 0 saturated carbocycles. The van der Waals surface area contributed by atoms with Crippen molar-refractivity contribution in [3.05, 3.63) is 52.5 Å². The summed E-state index contributed by atoms with van der Waals surface area (Å²) in [5.74, 6) is 1.64. The first kappa shape index (κ1) is 21.9. The van der Waals surface area contributed by atoms with Crippen LogP contribution >= 0.6 is 11.6 Å². The van der Waals surface area contributed by atoms with Crippen molar-refractivity contribution in [1.29, 1.82) is 0 Å². The summed E-state index contributed by atoms with van der Waals surface area (Å²) in [6.45, 7) is 7.17. The Bertz CT molecular complexity index is 1120. The van der Waals surface area contributed by atoms with Gasteiger partial charge in [0.2, 0.25) is 18.2 Å². The average Bonchev–Trinajstić information content (AvgIpc) is 3.28. The zero-order valence-corrected chi connectivity index (χ0v) is 19.1. The number of hydrogen-bond donors (Lipinski definition) is 0. The molecule has 1 amide bonds. The third kappa shape index (κ3) is 4.88. The Morgan fingerprint density at radius 1 is 1.12 bits per heavy atom. The highest BCUT2D eigenvalue weighted by atomic mass is 35.5. The third-order valence-electron chi connectivity index (χ3n) is 5.96. The van der Waals surface area contributed by atoms with Crippen LogP contribution in [-0.4, -0.2) is 71.9 Å². The van der Waals surface area contributed by atoms with Crippen molar-refractivity contribution in [1.82, 2.24) is 20.0 Å². The lowest BCUT2D eigenvalue weighted by atomic mass is 10.0. The average molecular weight is 469 g/mol. The second-order valence-electron chi connectivity index (χ2n) is 8.38. The molecule has 2 saturated heterocycles. The van der Waals surface area contributed by atoms with Crippen LogP contribution in [0.4, 0.5) is 0 Å². The van der Waals surface area contributed by atoms with E-state index in [-0.39, 0.29) is 6.10 Å². The Hall–Kier alpha value is -2.94. The molecule has 8 nitrogen and oxygen atoms in total. The summed E-state index contributed by atoms with van der Waals surface area (Å²) in [6, 6.07) is 11.4. The topological polar surface area (TPSA) is 80.9 Å². The van der Waals surface area contributed by atoms with Crippen LogP contribution in [-0.2, 0) is 16.1 Å². The minimum atomic E-state index is -0.0147. The molecule has 3 aromatic rings. The fraction of sp³-hybridized carbons (Fsp3) is 0.375. The molecule has 1 aromatic heterocycles. The molecule has 2 aliphatic rings. The molecule has 9 heteroatoms. The van der Waals surface area contributed by atoms with Crippen LogP contribution in [0.1, 0.15) is 11.1 Å². The van der Waals surface area contributed by atoms with E-state index < -0.39 is 0 Å². The summed E-state index contributed by atoms with van der Waals surface area (Å²) in [5, 5.41) is 9.26. The predicted octanol–water partition coefficient (Wildman–Crippen LogP) is 3.42. The molecule has 2 aromatic carbocycles. The Labute approximate surface area is 197 Å². The number of ether oxygens (including phenoxy) is 2. The summed E-state index contributed by atoms with van der Waals surface area (Å²) >= 11 is 6.01. The molecular weight excluding hydrogens is 444 g/mol. The number of amides is 1. The van der Waals surface area contributed by atoms with Gasteiger partial charge in [0.15, 0.2) is 0 Å². The fourth-order valence-corrected chi connectivity index (χ4v) is 4.18. The molecule has 2 aliphatic heterocycles. The first-order valence-corrected chi connectivity index (χ1v) is 11.4. The summed E-state index contributed by atoms with van der Waals surface area (Å²) < 4.78 is 17.8. The highest BCUT2D eigenvalue weighted by Gasteiger charge is 2.28. The number of nitrogens with zero attached hydrogens (tertiary/aromatic N) is 4. The zero-order chi connectivity index (χ0) is 22.8. The number of halogens is 1. The van der Waals surface area contributed by atoms with E-state index in [1.165, 1.54) is 0 Å². The number of carbonyl (C=O) groups excluding carboxylic acids is 1. The van der Waals surface area contributed by atoms with Crippen LogP contribution in [0.15, 0.2) is 40.8 Å². The van der Waals surface area contributed by atoms with Crippen molar-refractivity contribution < 1.29 is 18.7 Å². The Morgan fingerprint density at radius 2 is 1.85 bits per heavy atom. The van der Waals surface area contributed by atoms with Gasteiger partial charge in [-0.2, -0.15) is 0 Å². The Balaban J connectivity index is 1.46. The number of likely N-dealkylation sites (tertiary alicyclic amines) is 1. The predicted molar refractivity (Wildman–Crippen MR) is 123 cm³/mol. The highest BCUT2D eigenvalue weighted by Crippen LogP contribution is 2.34. The standard InChI is InChI=1S/C24H25ClN4O4/c1-16-10-18(12-28-6-8-31-9-7-28)21(11-22(16)32-20-13-29(14-20)15-30)24-27-26-23(33-24)17-2-4-19(25)5-3-17/h2-5,10-11,15,20H,6-9,12-14H2,1H3. The number of hydrogen-bond acceptors (Lipinski definition) is 7. The number of aryl methyl sites for hydroxylation is 1. The second-order valence-corrected chi connectivity index (χ2v) is 8.82. The monoisotopic (exact) mass is 468 g/mol. The maximum atomic E-state index is 10.9. The van der Waals surface area contributed by atoms with Crippen molar-refractivity contribution in [2.75, 3.05) is 39.4 Å². The molecule has 5 rings (SSSR count). The van der Waals surface area contributed by atoms with E-state index in [1.54, 1.807) is 17.0 Å². The lowest BCUT2D eigenvalue weighted by Crippen LogP contribution is -2.52. The van der Waals surface area contributed by atoms with E-state index in [0.717, 1.165) is 67.3 Å². The fourth-order valence-electron chi connectivity index (χ4n) is 4.06. The summed E-state index contributed by atoms with van der Waals surface area (Å²) in [6.07, 6.45) is 0.833. The summed E-state index contributed by atoms with van der Waals surface area (Å²) in [5.41, 5.74) is 3.78. The molecule has 0 aliphatic carbocycles. The SMILES string of the molecule is Cc1cc(CN2CCOCC2)c(-c2nnc(-c3ccc(Cl)cc3)o2)cc1OC1CN(C=O)C1. The second kappa shape index (κ2) is 9.51. The van der Waals surface area contributed by atoms with Crippen molar-refractivity contribution in [2.45, 2.75) is 19.6 Å². The molecule has 0 unspecified atom stereocenters. The van der Waals surface area contributed by atoms with Gasteiger partial charge >= 0.3 is 0 Å². The minimum absolute atomic E-state index is 0.0147. The highest BCUT2D eigenvalue weighted by molar-refractivity contribution is 6.30. The van der Waals surface area contributed by atoms with Crippen molar-refractivity contribution >= 4 is 18.0 Å². The maximum Gasteiger partial charge on any atom is 0.248 e. The quantitative estimate of drug-likeness (QED) is 0.491. The molecule has 0 N–H and O–H groups in total. The van der Waals surface area contributed by atoms with E-state index in [1.807, 2.05) is 25.1 Å². The van der Waals surface area contributed by atoms with Gasteiger partial charge in [0.25, 0.3) is 0 Å². The molecule has 0 radical (unpaired) electrons. The van der Waals surface area contributed by atoms with E-state index in [4.69, 9.17) is 25.5 Å². The van der Waals surface area contributed by atoms with Crippen molar-refractivity contribution in [3.63, 3.8) is 0 Å². The molecule has 0 atom stereocenters. The lowest BCUT2D eigenvalue weighted by Gasteiger charge is -2.36. The van der Waals surface area contributed by atoms with Gasteiger partial charge in [0.1, 0.15) is 11.9 Å². The summed E-state index contributed by atoms with van der Waals surface area (Å²) in [7, 11) is 0. The number of benzene rings is 2. The number of carbonyl (C=O) groups is 1. The van der Waals surface area contributed by atoms with Gasteiger partial charge in [-0.25, -0.2) is 0 Å². The minimum Gasteiger partial charge on any atom is -0.486 e. The van der Waals surface area contributed by atoms with Crippen molar-refractivity contribution in [2.24, 2.45) is 0 Å². The zero-order valence-electron chi connectivity index (χ0n) is 18.4. The van der Waals surface area contributed by atoms with Crippen LogP contribution in [0.25, 0.3) is 22.9 Å². The van der Waals surface area contributed by atoms with E-state index in [2.05, 4.69) is 21.2 Å². The van der Waals surface area contributed by atoms with Crippen LogP contribution in [0, 0.1) is 6.92 Å². The van der Waals surface area contributed by atoms with Gasteiger partial charge in [-0.05, 0) is 48.4 Å². The lowest BCUT2D eigenvalue weighted by molar-refractivity contribution is -0.126. The first-order valence-electron chi connectivity index (χ1n) is 11.0. The van der Waals surface area contributed by atoms with E-state index in [0.29, 0.717) is 29.9 Å². The number of aromatic nitrogens is 2. The van der Waals surface area contributed by atoms with Gasteiger partial charge < -0.3 is 18.8 Å². The van der Waals surface area contributed by atoms with Crippen molar-refractivity contribution in [3.8, 4) is 28.7 Å². The van der Waals surface area contributed by atoms with E-state index in [9.17, 15) is 4.79 Å². The normalized spacial score (nSPS) is 17.1. The maximum absolute atomic E-state index is 10.9. The first-order chi connectivity index (χ1) is 16.1. The van der Waals surface area contributed by atoms with Gasteiger partial charge in [0, 0.05) is 35.8 Å². The Kier molecular flexibility index (Phi) is 6.30. The molecule has 2 fully saturated rings. The van der Waals surface area contributed by atoms with Gasteiger partial charge in [0.05, 0.1) is 26.3 Å². The third-order valence-corrected chi connectivity index (χ3v) is 6.22. The van der Waals surface area contributed by atoms with Gasteiger partial charge in [-0.15, -0.1) is 10.2 Å². The smallest absolute Gasteiger partial charge is 0.248 e. The van der Waals surface area contributed by atoms with Crippen LogP contribution in [0.5, 0.6) is 5.75 Å². The molecule has 0 spiro atoms. The largest absolute Gasteiger partial charge is 0.486 e. The van der Waals surface area contributed by atoms with Gasteiger partial charge in [-0.3, -0.25) is 9.69 Å². The molecule has 0 bridgehead atoms. The van der Waals surface area contributed by atoms with Gasteiger partial charge in [-0.1, -0.05) is 17.7 Å². The number of rotatable bonds is 7. The van der Waals surface area contributed by atoms with Crippen LogP contribution in [0.2, 0.25) is 5.02 Å². The molecule has 172 valence electrons. The number of morpholine rings is 1. The molecular formula is C24H25ClN4O4. The Morgan fingerprint density at radius 3 is 2.58 bits per heavy atom. The molecule has 3 heterocycles. The van der Waals surface area contributed by atoms with Crippen LogP contribution < -0.4 is 4.74 Å². The van der Waals surface area contributed by atoms with E-state index >= 15 is 0 Å². The molecule has 33 heavy (non-hydrogen) atoms.